The number of carbonyl (C=O) groups is 1. The number of hydrogen-bond acceptors (Lipinski definition) is 3. The summed E-state index contributed by atoms with van der Waals surface area (Å²) in [5.41, 5.74) is 5.83. The van der Waals surface area contributed by atoms with Gasteiger partial charge in [0.2, 0.25) is 0 Å². The highest BCUT2D eigenvalue weighted by Gasteiger charge is 2.05. The quantitative estimate of drug-likeness (QED) is 0.729. The fourth-order valence-corrected chi connectivity index (χ4v) is 1.02. The Morgan fingerprint density at radius 3 is 3.00 bits per heavy atom. The number of halogens is 1. The Hall–Kier alpha value is -1.78. The van der Waals surface area contributed by atoms with E-state index in [1.807, 2.05) is 0 Å². The summed E-state index contributed by atoms with van der Waals surface area (Å²) in [4.78, 5) is 11.0. The molecule has 0 heterocycles. The molecular weight excluding hydrogens is 199 g/mol. The van der Waals surface area contributed by atoms with Gasteiger partial charge in [-0.2, -0.15) is 0 Å². The lowest BCUT2D eigenvalue weighted by molar-refractivity contribution is -0.122. The predicted octanol–water partition coefficient (Wildman–Crippen LogP) is 0.923. The first-order chi connectivity index (χ1) is 7.13. The number of anilines is 1. The van der Waals surface area contributed by atoms with Gasteiger partial charge in [-0.25, -0.2) is 4.39 Å². The molecule has 3 N–H and O–H groups in total. The molecule has 15 heavy (non-hydrogen) atoms. The zero-order chi connectivity index (χ0) is 11.3. The summed E-state index contributed by atoms with van der Waals surface area (Å²) in [6.07, 6.45) is 0. The molecule has 0 bridgehead atoms. The average Bonchev–Trinajstić information content (AvgIpc) is 2.20. The predicted molar refractivity (Wildman–Crippen MR) is 55.0 cm³/mol. The molecule has 0 fully saturated rings. The van der Waals surface area contributed by atoms with Crippen molar-refractivity contribution in [3.63, 3.8) is 0 Å². The van der Waals surface area contributed by atoms with E-state index in [4.69, 9.17) is 10.5 Å². The highest BCUT2D eigenvalue weighted by atomic mass is 19.1. The van der Waals surface area contributed by atoms with Crippen LogP contribution in [0.2, 0.25) is 0 Å². The molecule has 0 unspecified atom stereocenters. The van der Waals surface area contributed by atoms with Crippen molar-refractivity contribution >= 4 is 11.6 Å². The normalized spacial score (nSPS) is 9.73. The molecule has 0 aliphatic heterocycles. The minimum absolute atomic E-state index is 0.165. The fourth-order valence-electron chi connectivity index (χ4n) is 1.02. The van der Waals surface area contributed by atoms with E-state index in [1.54, 1.807) is 6.92 Å². The van der Waals surface area contributed by atoms with E-state index in [1.165, 1.54) is 12.1 Å². The van der Waals surface area contributed by atoms with Gasteiger partial charge < -0.3 is 15.8 Å². The number of ether oxygens (including phenoxy) is 1. The number of nitrogens with two attached hydrogens (primary N) is 1. The maximum atomic E-state index is 12.8. The van der Waals surface area contributed by atoms with Gasteiger partial charge in [0.05, 0.1) is 5.69 Å². The third-order valence-electron chi connectivity index (χ3n) is 1.71. The lowest BCUT2D eigenvalue weighted by atomic mass is 10.3. The molecule has 1 rings (SSSR count). The van der Waals surface area contributed by atoms with Crippen LogP contribution < -0.4 is 15.8 Å². The van der Waals surface area contributed by atoms with Gasteiger partial charge in [0.15, 0.2) is 6.61 Å². The number of hydrogen-bond donors (Lipinski definition) is 2. The Bertz CT molecular complexity index is 355. The number of carbonyl (C=O) groups excluding carboxylic acids is 1. The second-order valence-electron chi connectivity index (χ2n) is 2.92. The van der Waals surface area contributed by atoms with Crippen LogP contribution in [0.15, 0.2) is 18.2 Å². The summed E-state index contributed by atoms with van der Waals surface area (Å²) in [6, 6.07) is 3.77. The molecule has 0 aromatic heterocycles. The summed E-state index contributed by atoms with van der Waals surface area (Å²) in [5.74, 6) is -0.530. The molecule has 0 saturated heterocycles. The van der Waals surface area contributed by atoms with Gasteiger partial charge in [0.25, 0.3) is 5.91 Å². The molecule has 5 heteroatoms. The van der Waals surface area contributed by atoms with E-state index in [2.05, 4.69) is 5.32 Å². The number of nitrogens with one attached hydrogen (secondary N) is 1. The van der Waals surface area contributed by atoms with Gasteiger partial charge in [-0.3, -0.25) is 4.79 Å². The van der Waals surface area contributed by atoms with Crippen molar-refractivity contribution in [3.05, 3.63) is 24.0 Å². The summed E-state index contributed by atoms with van der Waals surface area (Å²) in [7, 11) is 0. The van der Waals surface area contributed by atoms with Crippen molar-refractivity contribution < 1.29 is 13.9 Å². The topological polar surface area (TPSA) is 64.3 Å². The van der Waals surface area contributed by atoms with Crippen LogP contribution in [0.5, 0.6) is 5.75 Å². The summed E-state index contributed by atoms with van der Waals surface area (Å²) >= 11 is 0. The van der Waals surface area contributed by atoms with Gasteiger partial charge >= 0.3 is 0 Å². The van der Waals surface area contributed by atoms with Gasteiger partial charge in [0.1, 0.15) is 11.6 Å². The zero-order valence-electron chi connectivity index (χ0n) is 8.42. The van der Waals surface area contributed by atoms with Crippen LogP contribution in [0.4, 0.5) is 10.1 Å². The molecule has 0 spiro atoms. The van der Waals surface area contributed by atoms with Crippen LogP contribution in [0, 0.1) is 5.82 Å². The molecule has 1 amide bonds. The van der Waals surface area contributed by atoms with Gasteiger partial charge in [-0.15, -0.1) is 0 Å². The van der Waals surface area contributed by atoms with Crippen molar-refractivity contribution in [2.45, 2.75) is 6.92 Å². The van der Waals surface area contributed by atoms with E-state index >= 15 is 0 Å². The molecule has 0 atom stereocenters. The molecule has 1 aromatic rings. The Kier molecular flexibility index (Phi) is 3.91. The minimum atomic E-state index is -0.449. The number of amides is 1. The van der Waals surface area contributed by atoms with E-state index < -0.39 is 5.82 Å². The Morgan fingerprint density at radius 1 is 1.60 bits per heavy atom. The van der Waals surface area contributed by atoms with E-state index in [9.17, 15) is 9.18 Å². The number of rotatable bonds is 4. The summed E-state index contributed by atoms with van der Waals surface area (Å²) in [5, 5.41) is 2.55. The van der Waals surface area contributed by atoms with Crippen molar-refractivity contribution in [3.8, 4) is 5.75 Å². The number of likely N-dealkylation sites (N-methyl/N-ethyl adjacent to an activating group) is 1. The largest absolute Gasteiger partial charge is 0.482 e. The highest BCUT2D eigenvalue weighted by molar-refractivity contribution is 5.77. The van der Waals surface area contributed by atoms with E-state index in [0.29, 0.717) is 12.2 Å². The standard InChI is InChI=1S/C10H13FN2O2/c1-2-13-10(14)6-15-9-5-7(11)3-4-8(9)12/h3-5H,2,6,12H2,1H3,(H,13,14). The molecule has 0 saturated carbocycles. The van der Waals surface area contributed by atoms with Crippen LogP contribution in [-0.2, 0) is 4.79 Å². The Balaban J connectivity index is 2.57. The van der Waals surface area contributed by atoms with Crippen LogP contribution in [-0.4, -0.2) is 19.1 Å². The van der Waals surface area contributed by atoms with Crippen molar-refractivity contribution in [1.29, 1.82) is 0 Å². The monoisotopic (exact) mass is 212 g/mol. The maximum absolute atomic E-state index is 12.8. The van der Waals surface area contributed by atoms with Crippen LogP contribution in [0.1, 0.15) is 6.92 Å². The number of nitrogen functional groups attached to an aromatic ring is 1. The van der Waals surface area contributed by atoms with Gasteiger partial charge in [-0.1, -0.05) is 0 Å². The first-order valence-electron chi connectivity index (χ1n) is 4.58. The third kappa shape index (κ3) is 3.46. The first-order valence-corrected chi connectivity index (χ1v) is 4.58. The average molecular weight is 212 g/mol. The van der Waals surface area contributed by atoms with Crippen molar-refractivity contribution in [1.82, 2.24) is 5.32 Å². The van der Waals surface area contributed by atoms with E-state index in [0.717, 1.165) is 6.07 Å². The van der Waals surface area contributed by atoms with Crippen molar-refractivity contribution in [2.24, 2.45) is 0 Å². The second kappa shape index (κ2) is 5.19. The molecular formula is C10H13FN2O2. The third-order valence-corrected chi connectivity index (χ3v) is 1.71. The van der Waals surface area contributed by atoms with Crippen LogP contribution >= 0.6 is 0 Å². The lowest BCUT2D eigenvalue weighted by Crippen LogP contribution is -2.28. The Morgan fingerprint density at radius 2 is 2.33 bits per heavy atom. The SMILES string of the molecule is CCNC(=O)COc1cc(F)ccc1N. The smallest absolute Gasteiger partial charge is 0.257 e. The summed E-state index contributed by atoms with van der Waals surface area (Å²) in [6.45, 7) is 2.16. The molecule has 1 aromatic carbocycles. The molecule has 0 radical (unpaired) electrons. The molecule has 0 aliphatic rings. The lowest BCUT2D eigenvalue weighted by Gasteiger charge is -2.08. The maximum Gasteiger partial charge on any atom is 0.257 e. The van der Waals surface area contributed by atoms with Crippen molar-refractivity contribution in [2.75, 3.05) is 18.9 Å². The summed E-state index contributed by atoms with van der Waals surface area (Å²) < 4.78 is 17.8. The molecule has 0 aliphatic carbocycles. The first kappa shape index (κ1) is 11.3. The van der Waals surface area contributed by atoms with Crippen LogP contribution in [0.3, 0.4) is 0 Å². The van der Waals surface area contributed by atoms with Gasteiger partial charge in [-0.05, 0) is 19.1 Å². The van der Waals surface area contributed by atoms with Crippen LogP contribution in [0.25, 0.3) is 0 Å². The zero-order valence-corrected chi connectivity index (χ0v) is 8.42. The van der Waals surface area contributed by atoms with E-state index in [-0.39, 0.29) is 18.3 Å². The fraction of sp³-hybridized carbons (Fsp3) is 0.300. The van der Waals surface area contributed by atoms with Gasteiger partial charge in [0, 0.05) is 12.6 Å². The molecule has 82 valence electrons. The Labute approximate surface area is 87.2 Å². The number of benzene rings is 1. The second-order valence-corrected chi connectivity index (χ2v) is 2.92. The minimum Gasteiger partial charge on any atom is -0.482 e. The highest BCUT2D eigenvalue weighted by Crippen LogP contribution is 2.21. The molecule has 4 nitrogen and oxygen atoms in total.